The van der Waals surface area contributed by atoms with E-state index in [0.717, 1.165) is 27.8 Å². The molecule has 0 aliphatic rings. The number of aryl methyl sites for hydroxylation is 2. The zero-order valence-electron chi connectivity index (χ0n) is 15.1. The maximum atomic E-state index is 12.5. The van der Waals surface area contributed by atoms with Gasteiger partial charge in [-0.05, 0) is 67.4 Å². The Morgan fingerprint density at radius 3 is 2.70 bits per heavy atom. The molecule has 0 radical (unpaired) electrons. The summed E-state index contributed by atoms with van der Waals surface area (Å²) in [5.41, 5.74) is 12.1. The van der Waals surface area contributed by atoms with Crippen LogP contribution in [0.5, 0.6) is 0 Å². The second-order valence-corrected chi connectivity index (χ2v) is 6.60. The summed E-state index contributed by atoms with van der Waals surface area (Å²) >= 11 is 0. The zero-order valence-corrected chi connectivity index (χ0v) is 15.1. The highest BCUT2D eigenvalue weighted by Gasteiger charge is 2.11. The molecule has 0 saturated carbocycles. The maximum absolute atomic E-state index is 12.5. The summed E-state index contributed by atoms with van der Waals surface area (Å²) in [4.78, 5) is 17.0. The van der Waals surface area contributed by atoms with Crippen LogP contribution in [0.4, 0.5) is 11.4 Å². The molecule has 5 nitrogen and oxygen atoms in total. The number of aromatic nitrogens is 1. The molecule has 0 saturated heterocycles. The summed E-state index contributed by atoms with van der Waals surface area (Å²) in [6.07, 6.45) is 0. The summed E-state index contributed by atoms with van der Waals surface area (Å²) in [7, 11) is 0. The molecule has 4 rings (SSSR count). The smallest absolute Gasteiger partial charge is 0.255 e. The number of nitrogens with one attached hydrogen (secondary N) is 1. The van der Waals surface area contributed by atoms with E-state index in [4.69, 9.17) is 10.2 Å². The number of amides is 1. The quantitative estimate of drug-likeness (QED) is 0.509. The molecule has 4 aromatic rings. The number of carbonyl (C=O) groups is 1. The fourth-order valence-electron chi connectivity index (χ4n) is 2.88. The number of nitrogens with two attached hydrogens (primary N) is 1. The largest absolute Gasteiger partial charge is 0.436 e. The van der Waals surface area contributed by atoms with Gasteiger partial charge in [-0.15, -0.1) is 0 Å². The zero-order chi connectivity index (χ0) is 19.0. The van der Waals surface area contributed by atoms with E-state index in [0.29, 0.717) is 22.8 Å². The van der Waals surface area contributed by atoms with Crippen molar-refractivity contribution in [1.29, 1.82) is 0 Å². The van der Waals surface area contributed by atoms with Gasteiger partial charge in [-0.3, -0.25) is 4.79 Å². The first-order chi connectivity index (χ1) is 13.0. The molecule has 27 heavy (non-hydrogen) atoms. The highest BCUT2D eigenvalue weighted by molar-refractivity contribution is 6.05. The van der Waals surface area contributed by atoms with Crippen molar-refractivity contribution in [3.05, 3.63) is 77.4 Å². The average Bonchev–Trinajstić information content (AvgIpc) is 3.07. The third kappa shape index (κ3) is 3.40. The van der Waals surface area contributed by atoms with E-state index in [2.05, 4.69) is 10.3 Å². The normalized spacial score (nSPS) is 10.9. The molecule has 0 aliphatic carbocycles. The Morgan fingerprint density at radius 1 is 1.04 bits per heavy atom. The van der Waals surface area contributed by atoms with Crippen molar-refractivity contribution in [3.63, 3.8) is 0 Å². The van der Waals surface area contributed by atoms with E-state index >= 15 is 0 Å². The Morgan fingerprint density at radius 2 is 1.89 bits per heavy atom. The molecule has 0 fully saturated rings. The minimum atomic E-state index is -0.216. The predicted molar refractivity (Wildman–Crippen MR) is 108 cm³/mol. The van der Waals surface area contributed by atoms with Gasteiger partial charge >= 0.3 is 0 Å². The van der Waals surface area contributed by atoms with Gasteiger partial charge in [0.15, 0.2) is 5.58 Å². The summed E-state index contributed by atoms with van der Waals surface area (Å²) in [6.45, 7) is 3.92. The lowest BCUT2D eigenvalue weighted by Crippen LogP contribution is -2.12. The van der Waals surface area contributed by atoms with Gasteiger partial charge in [-0.2, -0.15) is 0 Å². The highest BCUT2D eigenvalue weighted by atomic mass is 16.3. The summed E-state index contributed by atoms with van der Waals surface area (Å²) in [6, 6.07) is 18.6. The molecule has 0 aliphatic heterocycles. The van der Waals surface area contributed by atoms with Gasteiger partial charge in [0.1, 0.15) is 5.52 Å². The number of anilines is 2. The van der Waals surface area contributed by atoms with Crippen LogP contribution in [0.25, 0.3) is 22.6 Å². The molecule has 0 unspecified atom stereocenters. The van der Waals surface area contributed by atoms with Crippen molar-refractivity contribution in [1.82, 2.24) is 4.98 Å². The van der Waals surface area contributed by atoms with E-state index in [-0.39, 0.29) is 5.91 Å². The van der Waals surface area contributed by atoms with Gasteiger partial charge in [-0.25, -0.2) is 4.98 Å². The molecule has 5 heteroatoms. The number of hydrogen-bond acceptors (Lipinski definition) is 4. The van der Waals surface area contributed by atoms with Crippen LogP contribution < -0.4 is 11.1 Å². The van der Waals surface area contributed by atoms with E-state index in [1.165, 1.54) is 0 Å². The van der Waals surface area contributed by atoms with Crippen molar-refractivity contribution < 1.29 is 9.21 Å². The van der Waals surface area contributed by atoms with Crippen LogP contribution in [0.15, 0.2) is 65.1 Å². The number of hydrogen-bond donors (Lipinski definition) is 2. The average molecular weight is 357 g/mol. The van der Waals surface area contributed by atoms with Crippen LogP contribution in [0.2, 0.25) is 0 Å². The van der Waals surface area contributed by atoms with Crippen LogP contribution in [0.1, 0.15) is 21.5 Å². The number of carbonyl (C=O) groups excluding carboxylic acids is 1. The molecule has 1 heterocycles. The van der Waals surface area contributed by atoms with Crippen LogP contribution in [-0.2, 0) is 0 Å². The van der Waals surface area contributed by atoms with Crippen LogP contribution in [-0.4, -0.2) is 10.9 Å². The predicted octanol–water partition coefficient (Wildman–Crippen LogP) is 4.95. The fraction of sp³-hybridized carbons (Fsp3) is 0.0909. The molecule has 3 N–H and O–H groups in total. The third-order valence-corrected chi connectivity index (χ3v) is 4.45. The number of nitrogens with zero attached hydrogens (tertiary/aromatic N) is 1. The topological polar surface area (TPSA) is 81.2 Å². The van der Waals surface area contributed by atoms with Crippen molar-refractivity contribution in [2.45, 2.75) is 13.8 Å². The number of fused-ring (bicyclic) bond motifs is 1. The monoisotopic (exact) mass is 357 g/mol. The lowest BCUT2D eigenvalue weighted by Gasteiger charge is -2.08. The first-order valence-corrected chi connectivity index (χ1v) is 8.65. The van der Waals surface area contributed by atoms with E-state index in [1.54, 1.807) is 12.1 Å². The van der Waals surface area contributed by atoms with E-state index in [1.807, 2.05) is 62.4 Å². The van der Waals surface area contributed by atoms with Crippen molar-refractivity contribution in [3.8, 4) is 11.5 Å². The molecule has 1 aromatic heterocycles. The molecule has 3 aromatic carbocycles. The molecule has 1 amide bonds. The second kappa shape index (κ2) is 6.61. The number of oxazole rings is 1. The molecule has 0 bridgehead atoms. The van der Waals surface area contributed by atoms with Crippen LogP contribution >= 0.6 is 0 Å². The van der Waals surface area contributed by atoms with Gasteiger partial charge < -0.3 is 15.5 Å². The van der Waals surface area contributed by atoms with Crippen molar-refractivity contribution >= 4 is 28.4 Å². The summed E-state index contributed by atoms with van der Waals surface area (Å²) in [5.74, 6) is 0.304. The van der Waals surface area contributed by atoms with Crippen LogP contribution in [0.3, 0.4) is 0 Å². The standard InChI is InChI=1S/C22H19N3O2/c1-13-6-9-20-19(10-13)25-22(27-20)16-4-3-5-17(11-16)24-21(26)15-8-7-14(2)18(23)12-15/h3-12H,23H2,1-2H3,(H,24,26). The first kappa shape index (κ1) is 16.8. The van der Waals surface area contributed by atoms with E-state index in [9.17, 15) is 4.79 Å². The van der Waals surface area contributed by atoms with Gasteiger partial charge in [-0.1, -0.05) is 18.2 Å². The van der Waals surface area contributed by atoms with E-state index < -0.39 is 0 Å². The van der Waals surface area contributed by atoms with Gasteiger partial charge in [0.25, 0.3) is 5.91 Å². The molecule has 0 atom stereocenters. The Hall–Kier alpha value is -3.60. The Labute approximate surface area is 156 Å². The van der Waals surface area contributed by atoms with Crippen molar-refractivity contribution in [2.24, 2.45) is 0 Å². The Bertz CT molecular complexity index is 1160. The summed E-state index contributed by atoms with van der Waals surface area (Å²) in [5, 5.41) is 2.89. The first-order valence-electron chi connectivity index (χ1n) is 8.65. The van der Waals surface area contributed by atoms with Crippen molar-refractivity contribution in [2.75, 3.05) is 11.1 Å². The minimum absolute atomic E-state index is 0.216. The molecular weight excluding hydrogens is 338 g/mol. The number of nitrogen functional groups attached to an aromatic ring is 1. The highest BCUT2D eigenvalue weighted by Crippen LogP contribution is 2.27. The maximum Gasteiger partial charge on any atom is 0.255 e. The SMILES string of the molecule is Cc1ccc2oc(-c3cccc(NC(=O)c4ccc(C)c(N)c4)c3)nc2c1. The molecule has 134 valence electrons. The van der Waals surface area contributed by atoms with Gasteiger partial charge in [0, 0.05) is 22.5 Å². The fourth-order valence-corrected chi connectivity index (χ4v) is 2.88. The lowest BCUT2D eigenvalue weighted by molar-refractivity contribution is 0.102. The Balaban J connectivity index is 1.61. The Kier molecular flexibility index (Phi) is 4.12. The van der Waals surface area contributed by atoms with Gasteiger partial charge in [0.2, 0.25) is 5.89 Å². The van der Waals surface area contributed by atoms with Crippen LogP contribution in [0, 0.1) is 13.8 Å². The lowest BCUT2D eigenvalue weighted by atomic mass is 10.1. The number of benzene rings is 3. The third-order valence-electron chi connectivity index (χ3n) is 4.45. The molecular formula is C22H19N3O2. The molecule has 0 spiro atoms. The summed E-state index contributed by atoms with van der Waals surface area (Å²) < 4.78 is 5.84. The minimum Gasteiger partial charge on any atom is -0.436 e. The second-order valence-electron chi connectivity index (χ2n) is 6.60. The number of rotatable bonds is 3. The van der Waals surface area contributed by atoms with Gasteiger partial charge in [0.05, 0.1) is 0 Å².